The van der Waals surface area contributed by atoms with Crippen LogP contribution in [0.1, 0.15) is 149 Å². The molecule has 0 fully saturated rings. The van der Waals surface area contributed by atoms with Crippen LogP contribution in [0.5, 0.6) is 0 Å². The van der Waals surface area contributed by atoms with Crippen LogP contribution < -0.4 is 0 Å². The first-order chi connectivity index (χ1) is 14.8. The topological polar surface area (TPSA) is 29.5 Å². The van der Waals surface area contributed by atoms with Crippen LogP contribution in [0.25, 0.3) is 0 Å². The van der Waals surface area contributed by atoms with Gasteiger partial charge in [0.05, 0.1) is 6.10 Å². The third-order valence-electron chi connectivity index (χ3n) is 6.09. The number of hydrogen-bond donors (Lipinski definition) is 1. The second-order valence-electron chi connectivity index (χ2n) is 9.15. The van der Waals surface area contributed by atoms with Crippen molar-refractivity contribution in [1.82, 2.24) is 0 Å². The molecule has 0 aromatic carbocycles. The molecular weight excluding hydrogens is 368 g/mol. The molecule has 1 atom stereocenters. The highest BCUT2D eigenvalue weighted by Gasteiger charge is 2.08. The van der Waals surface area contributed by atoms with E-state index in [2.05, 4.69) is 26.0 Å². The van der Waals surface area contributed by atoms with Crippen molar-refractivity contribution in [1.29, 1.82) is 0 Å². The number of allylic oxidation sites excluding steroid dienone is 2. The van der Waals surface area contributed by atoms with Crippen molar-refractivity contribution in [3.05, 3.63) is 12.2 Å². The van der Waals surface area contributed by atoms with Gasteiger partial charge in [0, 0.05) is 13.2 Å². The van der Waals surface area contributed by atoms with Crippen molar-refractivity contribution in [3.8, 4) is 0 Å². The molecule has 1 N–H and O–H groups in total. The van der Waals surface area contributed by atoms with E-state index in [1.54, 1.807) is 0 Å². The summed E-state index contributed by atoms with van der Waals surface area (Å²) in [4.78, 5) is 0. The van der Waals surface area contributed by atoms with Gasteiger partial charge in [-0.3, -0.25) is 0 Å². The molecule has 0 rings (SSSR count). The summed E-state index contributed by atoms with van der Waals surface area (Å²) in [6.45, 7) is 5.68. The molecule has 0 aromatic heterocycles. The maximum atomic E-state index is 9.30. The summed E-state index contributed by atoms with van der Waals surface area (Å²) >= 11 is 0. The molecule has 0 aliphatic heterocycles. The Morgan fingerprint density at radius 3 is 1.60 bits per heavy atom. The van der Waals surface area contributed by atoms with Gasteiger partial charge in [-0.1, -0.05) is 116 Å². The first-order valence-corrected chi connectivity index (χ1v) is 13.7. The van der Waals surface area contributed by atoms with E-state index in [1.165, 1.54) is 122 Å². The molecule has 0 saturated carbocycles. The van der Waals surface area contributed by atoms with E-state index in [-0.39, 0.29) is 12.7 Å². The lowest BCUT2D eigenvalue weighted by molar-refractivity contribution is 0.0266. The molecule has 2 nitrogen and oxygen atoms in total. The van der Waals surface area contributed by atoms with Crippen LogP contribution in [-0.4, -0.2) is 24.4 Å². The molecule has 0 bridgehead atoms. The van der Waals surface area contributed by atoms with E-state index in [0.29, 0.717) is 0 Å². The van der Waals surface area contributed by atoms with Gasteiger partial charge < -0.3 is 9.84 Å². The van der Waals surface area contributed by atoms with Crippen LogP contribution in [-0.2, 0) is 4.74 Å². The Morgan fingerprint density at radius 1 is 0.567 bits per heavy atom. The van der Waals surface area contributed by atoms with Gasteiger partial charge in [0.15, 0.2) is 0 Å². The molecule has 180 valence electrons. The van der Waals surface area contributed by atoms with Crippen molar-refractivity contribution in [3.63, 3.8) is 0 Å². The average Bonchev–Trinajstić information content (AvgIpc) is 2.75. The van der Waals surface area contributed by atoms with Gasteiger partial charge in [0.2, 0.25) is 0 Å². The number of rotatable bonds is 25. The van der Waals surface area contributed by atoms with Gasteiger partial charge in [-0.2, -0.15) is 0 Å². The second kappa shape index (κ2) is 26.7. The lowest BCUT2D eigenvalue weighted by Crippen LogP contribution is -2.15. The van der Waals surface area contributed by atoms with E-state index in [0.717, 1.165) is 19.4 Å². The molecule has 0 aliphatic carbocycles. The predicted molar refractivity (Wildman–Crippen MR) is 134 cm³/mol. The van der Waals surface area contributed by atoms with E-state index < -0.39 is 0 Å². The van der Waals surface area contributed by atoms with Crippen molar-refractivity contribution in [2.24, 2.45) is 0 Å². The quantitative estimate of drug-likeness (QED) is 0.117. The Morgan fingerprint density at radius 2 is 1.03 bits per heavy atom. The molecule has 30 heavy (non-hydrogen) atoms. The van der Waals surface area contributed by atoms with Crippen LogP contribution in [0.2, 0.25) is 0 Å². The summed E-state index contributed by atoms with van der Waals surface area (Å²) in [5.74, 6) is 0. The SMILES string of the molecule is CCCCCCC=CCCCCCCO[C@@H](CCO)CCCCCCCCCCC. The Hall–Kier alpha value is -0.340. The molecule has 0 amide bonds. The third kappa shape index (κ3) is 23.9. The zero-order valence-corrected chi connectivity index (χ0v) is 20.9. The van der Waals surface area contributed by atoms with Crippen molar-refractivity contribution in [2.75, 3.05) is 13.2 Å². The maximum absolute atomic E-state index is 9.30. The monoisotopic (exact) mass is 424 g/mol. The minimum Gasteiger partial charge on any atom is -0.396 e. The zero-order chi connectivity index (χ0) is 22.0. The fraction of sp³-hybridized carbons (Fsp3) is 0.929. The number of aliphatic hydroxyl groups excluding tert-OH is 1. The average molecular weight is 425 g/mol. The van der Waals surface area contributed by atoms with Gasteiger partial charge in [-0.25, -0.2) is 0 Å². The Kier molecular flexibility index (Phi) is 26.4. The van der Waals surface area contributed by atoms with Gasteiger partial charge in [0.1, 0.15) is 0 Å². The predicted octanol–water partition coefficient (Wildman–Crippen LogP) is 9.15. The van der Waals surface area contributed by atoms with Crippen LogP contribution in [0.15, 0.2) is 12.2 Å². The third-order valence-corrected chi connectivity index (χ3v) is 6.09. The van der Waals surface area contributed by atoms with Crippen LogP contribution in [0.3, 0.4) is 0 Å². The van der Waals surface area contributed by atoms with Crippen LogP contribution in [0, 0.1) is 0 Å². The van der Waals surface area contributed by atoms with E-state index >= 15 is 0 Å². The number of aliphatic hydroxyl groups is 1. The fourth-order valence-corrected chi connectivity index (χ4v) is 4.03. The summed E-state index contributed by atoms with van der Waals surface area (Å²) in [5.41, 5.74) is 0. The molecule has 0 heterocycles. The second-order valence-corrected chi connectivity index (χ2v) is 9.15. The number of ether oxygens (including phenoxy) is 1. The van der Waals surface area contributed by atoms with Crippen molar-refractivity contribution >= 4 is 0 Å². The minimum absolute atomic E-state index is 0.257. The fourth-order valence-electron chi connectivity index (χ4n) is 4.03. The summed E-state index contributed by atoms with van der Waals surface area (Å²) in [5, 5.41) is 9.30. The molecule has 0 saturated heterocycles. The van der Waals surface area contributed by atoms with Crippen molar-refractivity contribution < 1.29 is 9.84 Å². The molecule has 0 radical (unpaired) electrons. The molecule has 0 unspecified atom stereocenters. The minimum atomic E-state index is 0.257. The molecule has 0 spiro atoms. The molecule has 2 heteroatoms. The highest BCUT2D eigenvalue weighted by molar-refractivity contribution is 4.81. The molecular formula is C28H56O2. The first-order valence-electron chi connectivity index (χ1n) is 13.7. The summed E-state index contributed by atoms with van der Waals surface area (Å²) in [6.07, 6.45) is 32.3. The van der Waals surface area contributed by atoms with Crippen LogP contribution >= 0.6 is 0 Å². The Labute approximate surface area is 190 Å². The summed E-state index contributed by atoms with van der Waals surface area (Å²) < 4.78 is 6.07. The standard InChI is InChI=1S/C28H56O2/c1-3-5-7-9-11-13-14-15-17-19-21-23-27-30-28(25-26-29)24-22-20-18-16-12-10-8-6-4-2/h13-14,28-29H,3-12,15-27H2,1-2H3/t28-/m1/s1. The van der Waals surface area contributed by atoms with Gasteiger partial charge in [0.25, 0.3) is 0 Å². The number of unbranched alkanes of at least 4 members (excludes halogenated alkanes) is 16. The smallest absolute Gasteiger partial charge is 0.0597 e. The van der Waals surface area contributed by atoms with Crippen molar-refractivity contribution in [2.45, 2.75) is 155 Å². The lowest BCUT2D eigenvalue weighted by Gasteiger charge is -2.17. The van der Waals surface area contributed by atoms with Gasteiger partial charge in [-0.05, 0) is 44.9 Å². The maximum Gasteiger partial charge on any atom is 0.0597 e. The summed E-state index contributed by atoms with van der Waals surface area (Å²) in [6, 6.07) is 0. The van der Waals surface area contributed by atoms with E-state index in [9.17, 15) is 5.11 Å². The normalized spacial score (nSPS) is 12.8. The molecule has 0 aliphatic rings. The summed E-state index contributed by atoms with van der Waals surface area (Å²) in [7, 11) is 0. The Bertz CT molecular complexity index is 327. The first kappa shape index (κ1) is 29.7. The lowest BCUT2D eigenvalue weighted by atomic mass is 10.0. The zero-order valence-electron chi connectivity index (χ0n) is 20.9. The van der Waals surface area contributed by atoms with Gasteiger partial charge in [-0.15, -0.1) is 0 Å². The Balaban J connectivity index is 3.45. The van der Waals surface area contributed by atoms with Crippen LogP contribution in [0.4, 0.5) is 0 Å². The van der Waals surface area contributed by atoms with E-state index in [4.69, 9.17) is 4.74 Å². The molecule has 0 aromatic rings. The highest BCUT2D eigenvalue weighted by atomic mass is 16.5. The van der Waals surface area contributed by atoms with Gasteiger partial charge >= 0.3 is 0 Å². The highest BCUT2D eigenvalue weighted by Crippen LogP contribution is 2.15. The largest absolute Gasteiger partial charge is 0.396 e. The van der Waals surface area contributed by atoms with E-state index in [1.807, 2.05) is 0 Å². The number of hydrogen-bond acceptors (Lipinski definition) is 2.